The lowest BCUT2D eigenvalue weighted by Crippen LogP contribution is -2.29. The van der Waals surface area contributed by atoms with Crippen LogP contribution in [-0.4, -0.2) is 24.9 Å². The Hall–Kier alpha value is -1.06. The third-order valence-corrected chi connectivity index (χ3v) is 2.94. The topological polar surface area (TPSA) is 41.5 Å². The van der Waals surface area contributed by atoms with E-state index in [4.69, 9.17) is 4.74 Å². The summed E-state index contributed by atoms with van der Waals surface area (Å²) in [5, 5.41) is 13.3. The number of hydrogen-bond acceptors (Lipinski definition) is 3. The number of rotatable bonds is 6. The average molecular weight is 237 g/mol. The Morgan fingerprint density at radius 2 is 2.06 bits per heavy atom. The Kier molecular flexibility index (Phi) is 5.45. The summed E-state index contributed by atoms with van der Waals surface area (Å²) in [4.78, 5) is 0. The van der Waals surface area contributed by atoms with E-state index in [2.05, 4.69) is 19.2 Å². The van der Waals surface area contributed by atoms with Crippen LogP contribution in [0.1, 0.15) is 37.4 Å². The maximum Gasteiger partial charge on any atom is 0.120 e. The molecule has 0 heterocycles. The van der Waals surface area contributed by atoms with Gasteiger partial charge in [-0.3, -0.25) is 0 Å². The summed E-state index contributed by atoms with van der Waals surface area (Å²) in [5.41, 5.74) is 2.02. The van der Waals surface area contributed by atoms with Crippen molar-refractivity contribution in [1.29, 1.82) is 0 Å². The molecule has 2 N–H and O–H groups in total. The largest absolute Gasteiger partial charge is 0.508 e. The van der Waals surface area contributed by atoms with Gasteiger partial charge in [-0.05, 0) is 38.8 Å². The van der Waals surface area contributed by atoms with E-state index in [1.54, 1.807) is 13.2 Å². The summed E-state index contributed by atoms with van der Waals surface area (Å²) < 4.78 is 5.05. The molecule has 0 spiro atoms. The molecule has 0 bridgehead atoms. The predicted octanol–water partition coefficient (Wildman–Crippen LogP) is 2.78. The fourth-order valence-corrected chi connectivity index (χ4v) is 1.91. The Labute approximate surface area is 104 Å². The first kappa shape index (κ1) is 14.0. The quantitative estimate of drug-likeness (QED) is 0.799. The maximum atomic E-state index is 9.89. The molecule has 0 radical (unpaired) electrons. The standard InChI is InChI=1S/C14H23NO2/c1-10-5-6-13(14(16)9-10)12(3)15-11(2)7-8-17-4/h5-6,9,11-12,15-16H,7-8H2,1-4H3. The van der Waals surface area contributed by atoms with Crippen LogP contribution in [-0.2, 0) is 4.74 Å². The van der Waals surface area contributed by atoms with Crippen LogP contribution in [0.25, 0.3) is 0 Å². The van der Waals surface area contributed by atoms with E-state index in [9.17, 15) is 5.11 Å². The van der Waals surface area contributed by atoms with Crippen molar-refractivity contribution in [3.63, 3.8) is 0 Å². The first-order chi connectivity index (χ1) is 8.04. The second kappa shape index (κ2) is 6.62. The van der Waals surface area contributed by atoms with Crippen molar-refractivity contribution in [1.82, 2.24) is 5.32 Å². The molecule has 0 amide bonds. The van der Waals surface area contributed by atoms with Crippen molar-refractivity contribution in [2.75, 3.05) is 13.7 Å². The minimum absolute atomic E-state index is 0.141. The molecule has 17 heavy (non-hydrogen) atoms. The highest BCUT2D eigenvalue weighted by Crippen LogP contribution is 2.25. The van der Waals surface area contributed by atoms with Crippen LogP contribution in [0.4, 0.5) is 0 Å². The van der Waals surface area contributed by atoms with E-state index in [0.717, 1.165) is 24.2 Å². The number of hydrogen-bond donors (Lipinski definition) is 2. The Morgan fingerprint density at radius 3 is 2.65 bits per heavy atom. The summed E-state index contributed by atoms with van der Waals surface area (Å²) >= 11 is 0. The molecule has 96 valence electrons. The number of phenols is 1. The van der Waals surface area contributed by atoms with E-state index in [-0.39, 0.29) is 6.04 Å². The molecule has 3 nitrogen and oxygen atoms in total. The molecule has 0 aromatic heterocycles. The van der Waals surface area contributed by atoms with E-state index < -0.39 is 0 Å². The van der Waals surface area contributed by atoms with Crippen molar-refractivity contribution < 1.29 is 9.84 Å². The fraction of sp³-hybridized carbons (Fsp3) is 0.571. The predicted molar refractivity (Wildman–Crippen MR) is 70.3 cm³/mol. The highest BCUT2D eigenvalue weighted by molar-refractivity contribution is 5.37. The third-order valence-electron chi connectivity index (χ3n) is 2.94. The third kappa shape index (κ3) is 4.36. The molecule has 1 aromatic carbocycles. The zero-order chi connectivity index (χ0) is 12.8. The number of phenolic OH excluding ortho intramolecular Hbond substituents is 1. The van der Waals surface area contributed by atoms with E-state index >= 15 is 0 Å². The molecule has 0 saturated carbocycles. The highest BCUT2D eigenvalue weighted by Gasteiger charge is 2.12. The van der Waals surface area contributed by atoms with Gasteiger partial charge in [0.15, 0.2) is 0 Å². The molecule has 0 aliphatic heterocycles. The van der Waals surface area contributed by atoms with Gasteiger partial charge >= 0.3 is 0 Å². The molecule has 0 saturated heterocycles. The molecule has 1 aromatic rings. The van der Waals surface area contributed by atoms with Crippen LogP contribution in [0, 0.1) is 6.92 Å². The lowest BCUT2D eigenvalue weighted by Gasteiger charge is -2.21. The summed E-state index contributed by atoms with van der Waals surface area (Å²) in [7, 11) is 1.71. The van der Waals surface area contributed by atoms with Crippen LogP contribution in [0.5, 0.6) is 5.75 Å². The Balaban J connectivity index is 2.60. The van der Waals surface area contributed by atoms with Crippen molar-refractivity contribution in [3.8, 4) is 5.75 Å². The Bertz CT molecular complexity index is 352. The molecule has 3 heteroatoms. The second-order valence-corrected chi connectivity index (χ2v) is 4.63. The minimum atomic E-state index is 0.141. The number of aryl methyl sites for hydroxylation is 1. The van der Waals surface area contributed by atoms with Crippen molar-refractivity contribution >= 4 is 0 Å². The van der Waals surface area contributed by atoms with Gasteiger partial charge in [-0.1, -0.05) is 12.1 Å². The van der Waals surface area contributed by atoms with Gasteiger partial charge in [0, 0.05) is 31.4 Å². The molecular weight excluding hydrogens is 214 g/mol. The van der Waals surface area contributed by atoms with Crippen LogP contribution < -0.4 is 5.32 Å². The number of nitrogens with one attached hydrogen (secondary N) is 1. The number of ether oxygens (including phenoxy) is 1. The first-order valence-corrected chi connectivity index (χ1v) is 6.09. The van der Waals surface area contributed by atoms with Gasteiger partial charge in [0.2, 0.25) is 0 Å². The van der Waals surface area contributed by atoms with Gasteiger partial charge in [-0.25, -0.2) is 0 Å². The fourth-order valence-electron chi connectivity index (χ4n) is 1.91. The average Bonchev–Trinajstić information content (AvgIpc) is 2.26. The molecule has 1 rings (SSSR count). The summed E-state index contributed by atoms with van der Waals surface area (Å²) in [5.74, 6) is 0.365. The monoisotopic (exact) mass is 237 g/mol. The lowest BCUT2D eigenvalue weighted by atomic mass is 10.0. The molecule has 2 unspecified atom stereocenters. The van der Waals surface area contributed by atoms with Gasteiger partial charge in [-0.15, -0.1) is 0 Å². The molecule has 0 aliphatic carbocycles. The number of aromatic hydroxyl groups is 1. The number of methoxy groups -OCH3 is 1. The molecular formula is C14H23NO2. The van der Waals surface area contributed by atoms with Gasteiger partial charge in [-0.2, -0.15) is 0 Å². The van der Waals surface area contributed by atoms with Gasteiger partial charge in [0.25, 0.3) is 0 Å². The van der Waals surface area contributed by atoms with E-state index in [1.165, 1.54) is 0 Å². The summed E-state index contributed by atoms with van der Waals surface area (Å²) in [6.45, 7) is 6.91. The molecule has 0 aliphatic rings. The van der Waals surface area contributed by atoms with Crippen LogP contribution in [0.15, 0.2) is 18.2 Å². The summed E-state index contributed by atoms with van der Waals surface area (Å²) in [6, 6.07) is 6.30. The van der Waals surface area contributed by atoms with E-state index in [0.29, 0.717) is 11.8 Å². The first-order valence-electron chi connectivity index (χ1n) is 6.09. The normalized spacial score (nSPS) is 14.6. The zero-order valence-electron chi connectivity index (χ0n) is 11.2. The smallest absolute Gasteiger partial charge is 0.120 e. The van der Waals surface area contributed by atoms with Gasteiger partial charge in [0.1, 0.15) is 5.75 Å². The second-order valence-electron chi connectivity index (χ2n) is 4.63. The highest BCUT2D eigenvalue weighted by atomic mass is 16.5. The van der Waals surface area contributed by atoms with Crippen molar-refractivity contribution in [2.45, 2.75) is 39.3 Å². The zero-order valence-corrected chi connectivity index (χ0v) is 11.2. The Morgan fingerprint density at radius 1 is 1.35 bits per heavy atom. The number of benzene rings is 1. The molecule has 2 atom stereocenters. The van der Waals surface area contributed by atoms with E-state index in [1.807, 2.05) is 19.1 Å². The lowest BCUT2D eigenvalue weighted by molar-refractivity contribution is 0.183. The molecule has 0 fully saturated rings. The van der Waals surface area contributed by atoms with Crippen LogP contribution in [0.3, 0.4) is 0 Å². The van der Waals surface area contributed by atoms with Crippen molar-refractivity contribution in [3.05, 3.63) is 29.3 Å². The van der Waals surface area contributed by atoms with Crippen LogP contribution >= 0.6 is 0 Å². The van der Waals surface area contributed by atoms with Crippen molar-refractivity contribution in [2.24, 2.45) is 0 Å². The maximum absolute atomic E-state index is 9.89. The van der Waals surface area contributed by atoms with Gasteiger partial charge in [0.05, 0.1) is 0 Å². The SMILES string of the molecule is COCCC(C)NC(C)c1ccc(C)cc1O. The van der Waals surface area contributed by atoms with Crippen LogP contribution in [0.2, 0.25) is 0 Å². The summed E-state index contributed by atoms with van der Waals surface area (Å²) in [6.07, 6.45) is 0.966. The minimum Gasteiger partial charge on any atom is -0.508 e. The van der Waals surface area contributed by atoms with Gasteiger partial charge < -0.3 is 15.2 Å².